The summed E-state index contributed by atoms with van der Waals surface area (Å²) in [5.74, 6) is -0.102. The van der Waals surface area contributed by atoms with Gasteiger partial charge in [0.2, 0.25) is 5.91 Å². The van der Waals surface area contributed by atoms with Gasteiger partial charge in [-0.2, -0.15) is 0 Å². The van der Waals surface area contributed by atoms with E-state index < -0.39 is 0 Å². The van der Waals surface area contributed by atoms with Crippen molar-refractivity contribution in [3.63, 3.8) is 0 Å². The molecule has 1 spiro atoms. The molecule has 1 heterocycles. The molecule has 1 unspecified atom stereocenters. The lowest BCUT2D eigenvalue weighted by Gasteiger charge is -2.52. The third-order valence-corrected chi connectivity index (χ3v) is 5.50. The number of hydrogen-bond donors (Lipinski definition) is 0. The zero-order valence-corrected chi connectivity index (χ0v) is 13.6. The highest BCUT2D eigenvalue weighted by molar-refractivity contribution is 9.09. The van der Waals surface area contributed by atoms with Crippen LogP contribution in [-0.2, 0) is 15.1 Å². The first kappa shape index (κ1) is 14.8. The first-order chi connectivity index (χ1) is 10.2. The zero-order valence-electron chi connectivity index (χ0n) is 12.1. The molecule has 3 rings (SSSR count). The standard InChI is InChI=1S/C17H20BrNO2/c18-10-16(21)19-11-13(12-20)14-6-2-3-7-15(14)17(19)8-4-1-5-9-17/h2-3,6-7,12-13H,1,4-5,8-11H2. The van der Waals surface area contributed by atoms with Gasteiger partial charge >= 0.3 is 0 Å². The van der Waals surface area contributed by atoms with Crippen LogP contribution < -0.4 is 0 Å². The Kier molecular flexibility index (Phi) is 4.16. The van der Waals surface area contributed by atoms with E-state index in [2.05, 4.69) is 28.1 Å². The fourth-order valence-corrected chi connectivity index (χ4v) is 4.37. The molecule has 0 bridgehead atoms. The van der Waals surface area contributed by atoms with Crippen molar-refractivity contribution in [1.29, 1.82) is 0 Å². The lowest BCUT2D eigenvalue weighted by atomic mass is 9.69. The minimum Gasteiger partial charge on any atom is -0.331 e. The second-order valence-corrected chi connectivity index (χ2v) is 6.62. The van der Waals surface area contributed by atoms with Crippen LogP contribution in [0.2, 0.25) is 0 Å². The molecule has 1 aliphatic carbocycles. The molecule has 1 fully saturated rings. The Bertz CT molecular complexity index is 551. The summed E-state index contributed by atoms with van der Waals surface area (Å²) in [6, 6.07) is 8.19. The number of carbonyl (C=O) groups is 2. The van der Waals surface area contributed by atoms with E-state index in [0.717, 1.165) is 37.5 Å². The Morgan fingerprint density at radius 3 is 2.67 bits per heavy atom. The summed E-state index contributed by atoms with van der Waals surface area (Å²) < 4.78 is 0. The summed E-state index contributed by atoms with van der Waals surface area (Å²) in [5, 5.41) is 0.322. The van der Waals surface area contributed by atoms with Crippen molar-refractivity contribution in [2.45, 2.75) is 43.6 Å². The lowest BCUT2D eigenvalue weighted by Crippen LogP contribution is -2.56. The maximum Gasteiger partial charge on any atom is 0.233 e. The molecular weight excluding hydrogens is 330 g/mol. The molecule has 1 aromatic rings. The molecule has 3 nitrogen and oxygen atoms in total. The number of carbonyl (C=O) groups excluding carboxylic acids is 2. The van der Waals surface area contributed by atoms with Gasteiger partial charge in [-0.1, -0.05) is 59.5 Å². The van der Waals surface area contributed by atoms with Gasteiger partial charge in [0.25, 0.3) is 0 Å². The van der Waals surface area contributed by atoms with Gasteiger partial charge in [0.1, 0.15) is 6.29 Å². The number of rotatable bonds is 2. The van der Waals surface area contributed by atoms with Crippen LogP contribution in [0.25, 0.3) is 0 Å². The Morgan fingerprint density at radius 2 is 2.00 bits per heavy atom. The normalized spacial score (nSPS) is 23.7. The number of hydrogen-bond acceptors (Lipinski definition) is 2. The number of benzene rings is 1. The van der Waals surface area contributed by atoms with E-state index >= 15 is 0 Å². The van der Waals surface area contributed by atoms with Crippen molar-refractivity contribution < 1.29 is 9.59 Å². The maximum atomic E-state index is 12.5. The van der Waals surface area contributed by atoms with Crippen LogP contribution in [0.4, 0.5) is 0 Å². The highest BCUT2D eigenvalue weighted by Crippen LogP contribution is 2.48. The van der Waals surface area contributed by atoms with Gasteiger partial charge in [0.05, 0.1) is 16.8 Å². The number of halogens is 1. The van der Waals surface area contributed by atoms with E-state index in [4.69, 9.17) is 0 Å². The van der Waals surface area contributed by atoms with Crippen LogP contribution in [-0.4, -0.2) is 29.0 Å². The van der Waals surface area contributed by atoms with Crippen molar-refractivity contribution >= 4 is 28.1 Å². The van der Waals surface area contributed by atoms with E-state index in [1.165, 1.54) is 12.0 Å². The molecule has 0 saturated heterocycles. The molecule has 1 aliphatic heterocycles. The van der Waals surface area contributed by atoms with Gasteiger partial charge in [-0.3, -0.25) is 4.79 Å². The van der Waals surface area contributed by atoms with Crippen molar-refractivity contribution in [2.24, 2.45) is 0 Å². The Labute approximate surface area is 133 Å². The predicted molar refractivity (Wildman–Crippen MR) is 85.5 cm³/mol. The van der Waals surface area contributed by atoms with Gasteiger partial charge in [0, 0.05) is 6.54 Å². The summed E-state index contributed by atoms with van der Waals surface area (Å²) in [6.45, 7) is 0.519. The number of amides is 1. The molecular formula is C17H20BrNO2. The van der Waals surface area contributed by atoms with Gasteiger partial charge < -0.3 is 9.69 Å². The molecule has 1 atom stereocenters. The van der Waals surface area contributed by atoms with Gasteiger partial charge in [0.15, 0.2) is 0 Å². The Hall–Kier alpha value is -1.16. The van der Waals surface area contributed by atoms with Crippen LogP contribution in [0.3, 0.4) is 0 Å². The quantitative estimate of drug-likeness (QED) is 0.606. The van der Waals surface area contributed by atoms with E-state index in [1.54, 1.807) is 0 Å². The van der Waals surface area contributed by atoms with E-state index in [1.807, 2.05) is 17.0 Å². The fourth-order valence-electron chi connectivity index (χ4n) is 4.06. The first-order valence-electron chi connectivity index (χ1n) is 7.64. The average Bonchev–Trinajstić information content (AvgIpc) is 2.56. The van der Waals surface area contributed by atoms with Crippen LogP contribution in [0.1, 0.15) is 49.1 Å². The van der Waals surface area contributed by atoms with Crippen molar-refractivity contribution in [3.8, 4) is 0 Å². The van der Waals surface area contributed by atoms with Crippen molar-refractivity contribution in [2.75, 3.05) is 11.9 Å². The molecule has 1 saturated carbocycles. The summed E-state index contributed by atoms with van der Waals surface area (Å²) >= 11 is 3.30. The fraction of sp³-hybridized carbons (Fsp3) is 0.529. The molecule has 4 heteroatoms. The smallest absolute Gasteiger partial charge is 0.233 e. The number of alkyl halides is 1. The Balaban J connectivity index is 2.14. The van der Waals surface area contributed by atoms with Crippen molar-refractivity contribution in [3.05, 3.63) is 35.4 Å². The third-order valence-electron chi connectivity index (χ3n) is 5.02. The predicted octanol–water partition coefficient (Wildman–Crippen LogP) is 3.37. The summed E-state index contributed by atoms with van der Waals surface area (Å²) in [6.07, 6.45) is 6.53. The largest absolute Gasteiger partial charge is 0.331 e. The summed E-state index contributed by atoms with van der Waals surface area (Å²) in [4.78, 5) is 25.9. The molecule has 2 aliphatic rings. The average molecular weight is 350 g/mol. The second kappa shape index (κ2) is 5.91. The highest BCUT2D eigenvalue weighted by atomic mass is 79.9. The maximum absolute atomic E-state index is 12.5. The first-order valence-corrected chi connectivity index (χ1v) is 8.76. The van der Waals surface area contributed by atoms with Gasteiger partial charge in [-0.25, -0.2) is 0 Å². The highest BCUT2D eigenvalue weighted by Gasteiger charge is 2.47. The zero-order chi connectivity index (χ0) is 14.9. The van der Waals surface area contributed by atoms with Crippen LogP contribution in [0, 0.1) is 0 Å². The monoisotopic (exact) mass is 349 g/mol. The molecule has 0 aromatic heterocycles. The molecule has 1 amide bonds. The minimum absolute atomic E-state index is 0.0956. The molecule has 0 radical (unpaired) electrons. The Morgan fingerprint density at radius 1 is 1.29 bits per heavy atom. The van der Waals surface area contributed by atoms with E-state index in [0.29, 0.717) is 11.9 Å². The molecule has 0 N–H and O–H groups in total. The van der Waals surface area contributed by atoms with Crippen LogP contribution in [0.5, 0.6) is 0 Å². The molecule has 1 aromatic carbocycles. The summed E-state index contributed by atoms with van der Waals surface area (Å²) in [7, 11) is 0. The number of aldehydes is 1. The third kappa shape index (κ3) is 2.33. The minimum atomic E-state index is -0.197. The van der Waals surface area contributed by atoms with Gasteiger partial charge in [-0.15, -0.1) is 0 Å². The number of fused-ring (bicyclic) bond motifs is 2. The van der Waals surface area contributed by atoms with Crippen molar-refractivity contribution in [1.82, 2.24) is 4.90 Å². The van der Waals surface area contributed by atoms with E-state index in [-0.39, 0.29) is 17.4 Å². The van der Waals surface area contributed by atoms with Crippen LogP contribution in [0.15, 0.2) is 24.3 Å². The summed E-state index contributed by atoms with van der Waals surface area (Å²) in [5.41, 5.74) is 2.12. The number of nitrogens with zero attached hydrogens (tertiary/aromatic N) is 1. The topological polar surface area (TPSA) is 37.4 Å². The molecule has 21 heavy (non-hydrogen) atoms. The lowest BCUT2D eigenvalue weighted by molar-refractivity contribution is -0.138. The molecule has 112 valence electrons. The SMILES string of the molecule is O=CC1CN(C(=O)CBr)C2(CCCCC2)c2ccccc21. The second-order valence-electron chi connectivity index (χ2n) is 6.06. The van der Waals surface area contributed by atoms with Crippen LogP contribution >= 0.6 is 15.9 Å². The van der Waals surface area contributed by atoms with E-state index in [9.17, 15) is 9.59 Å². The van der Waals surface area contributed by atoms with Gasteiger partial charge in [-0.05, 0) is 24.0 Å².